The Morgan fingerprint density at radius 2 is 2.09 bits per heavy atom. The molecule has 118 valence electrons. The highest BCUT2D eigenvalue weighted by Gasteiger charge is 2.23. The fraction of sp³-hybridized carbons (Fsp3) is 0.389. The number of anilines is 1. The molecular weight excluding hydrogens is 286 g/mol. The third kappa shape index (κ3) is 4.05. The summed E-state index contributed by atoms with van der Waals surface area (Å²) in [6.07, 6.45) is 4.41. The zero-order chi connectivity index (χ0) is 16.1. The largest absolute Gasteiger partial charge is 0.358 e. The zero-order valence-electron chi connectivity index (χ0n) is 13.4. The fourth-order valence-electron chi connectivity index (χ4n) is 3.10. The Bertz CT molecular complexity index is 662. The second kappa shape index (κ2) is 7.21. The molecule has 0 radical (unpaired) electrons. The van der Waals surface area contributed by atoms with E-state index in [1.54, 1.807) is 6.20 Å². The molecule has 1 unspecified atom stereocenters. The SMILES string of the molecule is CN(CC1CCN(Cc2ccccc2)C1)c1cnc(C#N)cn1. The third-order valence-electron chi connectivity index (χ3n) is 4.29. The van der Waals surface area contributed by atoms with Gasteiger partial charge in [0.2, 0.25) is 0 Å². The summed E-state index contributed by atoms with van der Waals surface area (Å²) in [4.78, 5) is 13.0. The van der Waals surface area contributed by atoms with Crippen molar-refractivity contribution < 1.29 is 0 Å². The number of nitriles is 1. The summed E-state index contributed by atoms with van der Waals surface area (Å²) in [7, 11) is 2.04. The molecule has 3 rings (SSSR count). The van der Waals surface area contributed by atoms with Crippen LogP contribution in [0.2, 0.25) is 0 Å². The lowest BCUT2D eigenvalue weighted by Gasteiger charge is -2.22. The molecule has 0 aliphatic carbocycles. The van der Waals surface area contributed by atoms with Gasteiger partial charge in [-0.2, -0.15) is 5.26 Å². The normalized spacial score (nSPS) is 17.8. The smallest absolute Gasteiger partial charge is 0.158 e. The fourth-order valence-corrected chi connectivity index (χ4v) is 3.10. The summed E-state index contributed by atoms with van der Waals surface area (Å²) in [6.45, 7) is 4.25. The van der Waals surface area contributed by atoms with Crippen molar-refractivity contribution in [3.8, 4) is 6.07 Å². The monoisotopic (exact) mass is 307 g/mol. The molecule has 1 fully saturated rings. The highest BCUT2D eigenvalue weighted by Crippen LogP contribution is 2.21. The minimum absolute atomic E-state index is 0.358. The van der Waals surface area contributed by atoms with Crippen molar-refractivity contribution in [2.24, 2.45) is 5.92 Å². The molecule has 1 aliphatic rings. The van der Waals surface area contributed by atoms with Crippen LogP contribution in [0.15, 0.2) is 42.7 Å². The average Bonchev–Trinajstić information content (AvgIpc) is 3.02. The first-order valence-corrected chi connectivity index (χ1v) is 7.94. The quantitative estimate of drug-likeness (QED) is 0.848. The Morgan fingerprint density at radius 3 is 2.78 bits per heavy atom. The molecule has 1 aromatic carbocycles. The highest BCUT2D eigenvalue weighted by molar-refractivity contribution is 5.36. The van der Waals surface area contributed by atoms with Gasteiger partial charge in [0.1, 0.15) is 11.9 Å². The van der Waals surface area contributed by atoms with E-state index in [2.05, 4.69) is 50.1 Å². The Kier molecular flexibility index (Phi) is 4.84. The first kappa shape index (κ1) is 15.4. The number of nitrogens with zero attached hydrogens (tertiary/aromatic N) is 5. The summed E-state index contributed by atoms with van der Waals surface area (Å²) in [6, 6.07) is 12.6. The van der Waals surface area contributed by atoms with Crippen molar-refractivity contribution in [2.45, 2.75) is 13.0 Å². The summed E-state index contributed by atoms with van der Waals surface area (Å²) in [5, 5.41) is 8.78. The topological polar surface area (TPSA) is 56.0 Å². The lowest BCUT2D eigenvalue weighted by atomic mass is 10.1. The molecule has 1 aliphatic heterocycles. The van der Waals surface area contributed by atoms with Crippen LogP contribution >= 0.6 is 0 Å². The van der Waals surface area contributed by atoms with Crippen molar-refractivity contribution in [1.29, 1.82) is 5.26 Å². The molecule has 2 heterocycles. The van der Waals surface area contributed by atoms with E-state index in [-0.39, 0.29) is 0 Å². The molecule has 0 saturated carbocycles. The molecule has 1 aromatic heterocycles. The number of hydrogen-bond donors (Lipinski definition) is 0. The van der Waals surface area contributed by atoms with Crippen LogP contribution in [-0.2, 0) is 6.54 Å². The van der Waals surface area contributed by atoms with Crippen LogP contribution in [0, 0.1) is 17.2 Å². The second-order valence-electron chi connectivity index (χ2n) is 6.13. The molecule has 0 N–H and O–H groups in total. The summed E-state index contributed by atoms with van der Waals surface area (Å²) < 4.78 is 0. The van der Waals surface area contributed by atoms with Crippen LogP contribution < -0.4 is 4.90 Å². The predicted molar refractivity (Wildman–Crippen MR) is 89.8 cm³/mol. The first-order chi connectivity index (χ1) is 11.2. The standard InChI is InChI=1S/C18H21N5/c1-22(18-11-20-17(9-19)10-21-18)12-16-7-8-23(14-16)13-15-5-3-2-4-6-15/h2-6,10-11,16H,7-8,12-14H2,1H3. The van der Waals surface area contributed by atoms with E-state index in [9.17, 15) is 0 Å². The molecule has 23 heavy (non-hydrogen) atoms. The van der Waals surface area contributed by atoms with E-state index in [1.807, 2.05) is 13.1 Å². The highest BCUT2D eigenvalue weighted by atomic mass is 15.2. The number of rotatable bonds is 5. The lowest BCUT2D eigenvalue weighted by Crippen LogP contribution is -2.28. The van der Waals surface area contributed by atoms with Gasteiger partial charge < -0.3 is 4.90 Å². The maximum Gasteiger partial charge on any atom is 0.158 e. The minimum Gasteiger partial charge on any atom is -0.358 e. The molecule has 2 aromatic rings. The Hall–Kier alpha value is -2.45. The van der Waals surface area contributed by atoms with E-state index < -0.39 is 0 Å². The molecule has 5 nitrogen and oxygen atoms in total. The van der Waals surface area contributed by atoms with Gasteiger partial charge in [-0.1, -0.05) is 30.3 Å². The van der Waals surface area contributed by atoms with E-state index in [1.165, 1.54) is 18.2 Å². The van der Waals surface area contributed by atoms with E-state index in [0.29, 0.717) is 11.6 Å². The molecule has 5 heteroatoms. The number of aromatic nitrogens is 2. The molecule has 1 atom stereocenters. The van der Waals surface area contributed by atoms with Crippen molar-refractivity contribution in [1.82, 2.24) is 14.9 Å². The van der Waals surface area contributed by atoms with Gasteiger partial charge in [0, 0.05) is 26.7 Å². The van der Waals surface area contributed by atoms with Crippen LogP contribution in [0.25, 0.3) is 0 Å². The van der Waals surface area contributed by atoms with Gasteiger partial charge in [0.15, 0.2) is 5.69 Å². The number of benzene rings is 1. The van der Waals surface area contributed by atoms with Crippen molar-refractivity contribution in [3.05, 3.63) is 54.0 Å². The van der Waals surface area contributed by atoms with Crippen molar-refractivity contribution >= 4 is 5.82 Å². The molecule has 1 saturated heterocycles. The van der Waals surface area contributed by atoms with E-state index in [4.69, 9.17) is 5.26 Å². The molecule has 0 bridgehead atoms. The third-order valence-corrected chi connectivity index (χ3v) is 4.29. The molecular formula is C18H21N5. The predicted octanol–water partition coefficient (Wildman–Crippen LogP) is 2.31. The van der Waals surface area contributed by atoms with Gasteiger partial charge in [-0.25, -0.2) is 9.97 Å². The second-order valence-corrected chi connectivity index (χ2v) is 6.13. The Labute approximate surface area is 137 Å². The summed E-state index contributed by atoms with van der Waals surface area (Å²) in [5.41, 5.74) is 1.73. The van der Waals surface area contributed by atoms with Crippen LogP contribution in [0.4, 0.5) is 5.82 Å². The van der Waals surface area contributed by atoms with Gasteiger partial charge in [-0.05, 0) is 24.4 Å². The number of likely N-dealkylation sites (tertiary alicyclic amines) is 1. The van der Waals surface area contributed by atoms with Gasteiger partial charge in [-0.3, -0.25) is 4.90 Å². The van der Waals surface area contributed by atoms with E-state index >= 15 is 0 Å². The van der Waals surface area contributed by atoms with Crippen LogP contribution in [0.1, 0.15) is 17.7 Å². The van der Waals surface area contributed by atoms with Crippen molar-refractivity contribution in [3.63, 3.8) is 0 Å². The van der Waals surface area contributed by atoms with Crippen LogP contribution in [-0.4, -0.2) is 41.5 Å². The zero-order valence-corrected chi connectivity index (χ0v) is 13.4. The maximum atomic E-state index is 8.78. The van der Waals surface area contributed by atoms with Gasteiger partial charge >= 0.3 is 0 Å². The number of hydrogen-bond acceptors (Lipinski definition) is 5. The Balaban J connectivity index is 1.52. The van der Waals surface area contributed by atoms with E-state index in [0.717, 1.165) is 32.0 Å². The lowest BCUT2D eigenvalue weighted by molar-refractivity contribution is 0.317. The van der Waals surface area contributed by atoms with Crippen molar-refractivity contribution in [2.75, 3.05) is 31.6 Å². The Morgan fingerprint density at radius 1 is 1.26 bits per heavy atom. The maximum absolute atomic E-state index is 8.78. The first-order valence-electron chi connectivity index (χ1n) is 7.94. The molecule has 0 amide bonds. The average molecular weight is 307 g/mol. The molecule has 0 spiro atoms. The van der Waals surface area contributed by atoms with Gasteiger partial charge in [-0.15, -0.1) is 0 Å². The summed E-state index contributed by atoms with van der Waals surface area (Å²) in [5.74, 6) is 1.46. The minimum atomic E-state index is 0.358. The van der Waals surface area contributed by atoms with Gasteiger partial charge in [0.25, 0.3) is 0 Å². The van der Waals surface area contributed by atoms with Gasteiger partial charge in [0.05, 0.1) is 12.4 Å². The van der Waals surface area contributed by atoms with Crippen LogP contribution in [0.3, 0.4) is 0 Å². The summed E-state index contributed by atoms with van der Waals surface area (Å²) >= 11 is 0. The van der Waals surface area contributed by atoms with Crippen LogP contribution in [0.5, 0.6) is 0 Å².